The van der Waals surface area contributed by atoms with Gasteiger partial charge < -0.3 is 9.64 Å². The number of aromatic nitrogens is 2. The summed E-state index contributed by atoms with van der Waals surface area (Å²) >= 11 is 0. The lowest BCUT2D eigenvalue weighted by Gasteiger charge is -2.24. The number of carbonyl (C=O) groups is 2. The van der Waals surface area contributed by atoms with E-state index in [0.29, 0.717) is 13.1 Å². The van der Waals surface area contributed by atoms with Crippen LogP contribution in [0.25, 0.3) is 0 Å². The molecule has 0 aromatic carbocycles. The molecule has 1 aromatic heterocycles. The van der Waals surface area contributed by atoms with Crippen LogP contribution in [0, 0.1) is 5.92 Å². The number of hydrogen-bond donors (Lipinski definition) is 0. The van der Waals surface area contributed by atoms with Crippen LogP contribution in [0.5, 0.6) is 0 Å². The van der Waals surface area contributed by atoms with Crippen LogP contribution in [-0.2, 0) is 20.9 Å². The summed E-state index contributed by atoms with van der Waals surface area (Å²) in [6.07, 6.45) is 3.81. The van der Waals surface area contributed by atoms with E-state index in [1.807, 2.05) is 19.2 Å². The third-order valence-electron chi connectivity index (χ3n) is 3.24. The van der Waals surface area contributed by atoms with E-state index in [2.05, 4.69) is 9.84 Å². The number of amides is 1. The Kier molecular flexibility index (Phi) is 3.64. The minimum absolute atomic E-state index is 0.00468. The normalized spacial score (nSPS) is 21.1. The molecule has 1 amide bonds. The zero-order valence-corrected chi connectivity index (χ0v) is 10.6. The molecule has 0 spiro atoms. The first kappa shape index (κ1) is 12.6. The number of esters is 1. The third-order valence-corrected chi connectivity index (χ3v) is 3.24. The highest BCUT2D eigenvalue weighted by atomic mass is 16.5. The molecule has 1 aliphatic rings. The second-order valence-electron chi connectivity index (χ2n) is 4.55. The molecule has 1 saturated heterocycles. The van der Waals surface area contributed by atoms with E-state index in [1.54, 1.807) is 15.8 Å². The van der Waals surface area contributed by atoms with Crippen molar-refractivity contribution in [2.75, 3.05) is 13.7 Å². The molecule has 2 rings (SSSR count). The van der Waals surface area contributed by atoms with Gasteiger partial charge in [0.25, 0.3) is 0 Å². The van der Waals surface area contributed by atoms with Crippen LogP contribution in [-0.4, -0.2) is 46.3 Å². The number of hydrogen-bond acceptors (Lipinski definition) is 4. The van der Waals surface area contributed by atoms with Gasteiger partial charge in [0.1, 0.15) is 0 Å². The Morgan fingerprint density at radius 3 is 3.06 bits per heavy atom. The average Bonchev–Trinajstić information content (AvgIpc) is 2.97. The van der Waals surface area contributed by atoms with Gasteiger partial charge in [0, 0.05) is 31.4 Å². The van der Waals surface area contributed by atoms with Gasteiger partial charge >= 0.3 is 5.97 Å². The second-order valence-corrected chi connectivity index (χ2v) is 4.55. The van der Waals surface area contributed by atoms with E-state index < -0.39 is 0 Å². The summed E-state index contributed by atoms with van der Waals surface area (Å²) in [4.78, 5) is 25.0. The number of rotatable bonds is 4. The van der Waals surface area contributed by atoms with Gasteiger partial charge in [-0.3, -0.25) is 14.3 Å². The van der Waals surface area contributed by atoms with Gasteiger partial charge in [-0.1, -0.05) is 0 Å². The molecule has 0 radical (unpaired) electrons. The van der Waals surface area contributed by atoms with Crippen molar-refractivity contribution in [1.82, 2.24) is 14.7 Å². The molecule has 2 heterocycles. The van der Waals surface area contributed by atoms with Crippen LogP contribution in [0.3, 0.4) is 0 Å². The lowest BCUT2D eigenvalue weighted by Crippen LogP contribution is -2.38. The fraction of sp³-hybridized carbons (Fsp3) is 0.583. The highest BCUT2D eigenvalue weighted by Crippen LogP contribution is 2.21. The van der Waals surface area contributed by atoms with Gasteiger partial charge in [-0.25, -0.2) is 0 Å². The molecule has 1 aromatic rings. The predicted octanol–water partition coefficient (Wildman–Crippen LogP) is 0.293. The van der Waals surface area contributed by atoms with Crippen LogP contribution in [0.1, 0.15) is 13.3 Å². The minimum atomic E-state index is -0.331. The SMILES string of the molecule is COC(=O)C1CC(=O)N(C(C)Cn2cccn2)C1. The zero-order valence-electron chi connectivity index (χ0n) is 10.6. The molecule has 2 atom stereocenters. The molecule has 6 nitrogen and oxygen atoms in total. The molecule has 6 heteroatoms. The van der Waals surface area contributed by atoms with Crippen molar-refractivity contribution >= 4 is 11.9 Å². The largest absolute Gasteiger partial charge is 0.469 e. The maximum Gasteiger partial charge on any atom is 0.310 e. The van der Waals surface area contributed by atoms with Crippen molar-refractivity contribution in [3.8, 4) is 0 Å². The van der Waals surface area contributed by atoms with Crippen LogP contribution in [0.2, 0.25) is 0 Å². The molecule has 0 saturated carbocycles. The Bertz CT molecular complexity index is 430. The molecular weight excluding hydrogens is 234 g/mol. The first-order chi connectivity index (χ1) is 8.61. The molecule has 2 unspecified atom stereocenters. The Balaban J connectivity index is 1.97. The number of ether oxygens (including phenoxy) is 1. The summed E-state index contributed by atoms with van der Waals surface area (Å²) in [5.74, 6) is -0.634. The molecule has 0 N–H and O–H groups in total. The van der Waals surface area contributed by atoms with Crippen molar-refractivity contribution in [3.05, 3.63) is 18.5 Å². The zero-order chi connectivity index (χ0) is 13.1. The van der Waals surface area contributed by atoms with E-state index in [1.165, 1.54) is 7.11 Å². The van der Waals surface area contributed by atoms with Gasteiger partial charge in [0.2, 0.25) is 5.91 Å². The monoisotopic (exact) mass is 251 g/mol. The van der Waals surface area contributed by atoms with Crippen molar-refractivity contribution < 1.29 is 14.3 Å². The van der Waals surface area contributed by atoms with Gasteiger partial charge in [-0.05, 0) is 13.0 Å². The third kappa shape index (κ3) is 2.52. The summed E-state index contributed by atoms with van der Waals surface area (Å²) in [5, 5.41) is 4.11. The molecule has 18 heavy (non-hydrogen) atoms. The average molecular weight is 251 g/mol. The molecule has 0 aliphatic carbocycles. The Labute approximate surface area is 106 Å². The summed E-state index contributed by atoms with van der Waals surface area (Å²) in [5.41, 5.74) is 0. The minimum Gasteiger partial charge on any atom is -0.469 e. The topological polar surface area (TPSA) is 64.4 Å². The quantitative estimate of drug-likeness (QED) is 0.722. The lowest BCUT2D eigenvalue weighted by atomic mass is 10.1. The van der Waals surface area contributed by atoms with Crippen molar-refractivity contribution in [2.24, 2.45) is 5.92 Å². The van der Waals surface area contributed by atoms with E-state index >= 15 is 0 Å². The molecule has 1 fully saturated rings. The summed E-state index contributed by atoms with van der Waals surface area (Å²) in [6, 6.07) is 1.86. The number of methoxy groups -OCH3 is 1. The highest BCUT2D eigenvalue weighted by Gasteiger charge is 2.37. The predicted molar refractivity (Wildman–Crippen MR) is 63.5 cm³/mol. The maximum absolute atomic E-state index is 11.9. The number of carbonyl (C=O) groups excluding carboxylic acids is 2. The van der Waals surface area contributed by atoms with E-state index in [0.717, 1.165) is 0 Å². The van der Waals surface area contributed by atoms with Crippen LogP contribution in [0.15, 0.2) is 18.5 Å². The van der Waals surface area contributed by atoms with E-state index in [-0.39, 0.29) is 30.3 Å². The summed E-state index contributed by atoms with van der Waals surface area (Å²) in [6.45, 7) is 3.03. The summed E-state index contributed by atoms with van der Waals surface area (Å²) < 4.78 is 6.46. The van der Waals surface area contributed by atoms with Crippen LogP contribution in [0.4, 0.5) is 0 Å². The first-order valence-corrected chi connectivity index (χ1v) is 5.96. The van der Waals surface area contributed by atoms with Crippen molar-refractivity contribution in [2.45, 2.75) is 25.9 Å². The molecular formula is C12H17N3O3. The van der Waals surface area contributed by atoms with Gasteiger partial charge in [-0.2, -0.15) is 5.10 Å². The second kappa shape index (κ2) is 5.20. The number of likely N-dealkylation sites (tertiary alicyclic amines) is 1. The first-order valence-electron chi connectivity index (χ1n) is 5.96. The van der Waals surface area contributed by atoms with E-state index in [4.69, 9.17) is 0 Å². The fourth-order valence-corrected chi connectivity index (χ4v) is 2.26. The van der Waals surface area contributed by atoms with Crippen molar-refractivity contribution in [3.63, 3.8) is 0 Å². The Hall–Kier alpha value is -1.85. The molecule has 1 aliphatic heterocycles. The maximum atomic E-state index is 11.9. The molecule has 0 bridgehead atoms. The summed E-state index contributed by atoms with van der Waals surface area (Å²) in [7, 11) is 1.35. The smallest absolute Gasteiger partial charge is 0.310 e. The van der Waals surface area contributed by atoms with Crippen LogP contribution < -0.4 is 0 Å². The highest BCUT2D eigenvalue weighted by molar-refractivity contribution is 5.86. The Morgan fingerprint density at radius 1 is 1.67 bits per heavy atom. The fourth-order valence-electron chi connectivity index (χ4n) is 2.26. The number of nitrogens with zero attached hydrogens (tertiary/aromatic N) is 3. The van der Waals surface area contributed by atoms with Crippen molar-refractivity contribution in [1.29, 1.82) is 0 Å². The lowest BCUT2D eigenvalue weighted by molar-refractivity contribution is -0.145. The molecule has 98 valence electrons. The van der Waals surface area contributed by atoms with Gasteiger partial charge in [-0.15, -0.1) is 0 Å². The standard InChI is InChI=1S/C12H17N3O3/c1-9(7-14-5-3-4-13-14)15-8-10(6-11(15)16)12(17)18-2/h3-5,9-10H,6-8H2,1-2H3. The van der Waals surface area contributed by atoms with E-state index in [9.17, 15) is 9.59 Å². The van der Waals surface area contributed by atoms with Gasteiger partial charge in [0.05, 0.1) is 19.6 Å². The van der Waals surface area contributed by atoms with Gasteiger partial charge in [0.15, 0.2) is 0 Å². The Morgan fingerprint density at radius 2 is 2.44 bits per heavy atom. The van der Waals surface area contributed by atoms with Crippen LogP contribution >= 0.6 is 0 Å².